The summed E-state index contributed by atoms with van der Waals surface area (Å²) in [6.07, 6.45) is 3.10. The zero-order chi connectivity index (χ0) is 19.2. The number of nitrogens with zero attached hydrogens (tertiary/aromatic N) is 4. The minimum atomic E-state index is -0.115. The molecule has 0 atom stereocenters. The van der Waals surface area contributed by atoms with Crippen LogP contribution in [0, 0.1) is 0 Å². The van der Waals surface area contributed by atoms with Gasteiger partial charge in [-0.25, -0.2) is 9.97 Å². The summed E-state index contributed by atoms with van der Waals surface area (Å²) < 4.78 is 0. The highest BCUT2D eigenvalue weighted by molar-refractivity contribution is 5.93. The van der Waals surface area contributed by atoms with Crippen LogP contribution >= 0.6 is 0 Å². The Kier molecular flexibility index (Phi) is 5.97. The number of rotatable bonds is 5. The number of carbonyl (C=O) groups is 2. The van der Waals surface area contributed by atoms with Gasteiger partial charge in [-0.15, -0.1) is 0 Å². The molecule has 3 rings (SSSR count). The molecule has 1 aliphatic rings. The van der Waals surface area contributed by atoms with E-state index in [0.29, 0.717) is 11.5 Å². The number of piperazine rings is 1. The third-order valence-electron chi connectivity index (χ3n) is 4.47. The van der Waals surface area contributed by atoms with Crippen molar-refractivity contribution in [1.82, 2.24) is 19.8 Å². The topological polar surface area (TPSA) is 90.5 Å². The third kappa shape index (κ3) is 5.01. The molecule has 1 fully saturated rings. The van der Waals surface area contributed by atoms with Crippen molar-refractivity contribution in [3.63, 3.8) is 0 Å². The number of hydrogen-bond acceptors (Lipinski definition) is 6. The molecule has 0 unspecified atom stereocenters. The van der Waals surface area contributed by atoms with Crippen molar-refractivity contribution >= 4 is 29.1 Å². The second kappa shape index (κ2) is 8.59. The first kappa shape index (κ1) is 18.8. The summed E-state index contributed by atoms with van der Waals surface area (Å²) >= 11 is 0. The van der Waals surface area contributed by atoms with Crippen LogP contribution in [-0.2, 0) is 4.79 Å². The molecule has 0 saturated carbocycles. The Morgan fingerprint density at radius 3 is 2.15 bits per heavy atom. The molecule has 1 aromatic carbocycles. The number of aromatic nitrogens is 2. The van der Waals surface area contributed by atoms with Gasteiger partial charge in [0.2, 0.25) is 11.9 Å². The van der Waals surface area contributed by atoms with Crippen LogP contribution in [0.15, 0.2) is 36.7 Å². The Morgan fingerprint density at radius 2 is 1.59 bits per heavy atom. The van der Waals surface area contributed by atoms with Crippen molar-refractivity contribution in [2.45, 2.75) is 13.8 Å². The molecule has 0 aliphatic carbocycles. The van der Waals surface area contributed by atoms with Crippen LogP contribution in [0.4, 0.5) is 17.3 Å². The molecule has 142 valence electrons. The monoisotopic (exact) mass is 368 g/mol. The fourth-order valence-corrected chi connectivity index (χ4v) is 2.92. The molecule has 27 heavy (non-hydrogen) atoms. The lowest BCUT2D eigenvalue weighted by Crippen LogP contribution is -2.48. The number of likely N-dealkylation sites (N-methyl/N-ethyl adjacent to an activating group) is 1. The Balaban J connectivity index is 1.58. The first-order chi connectivity index (χ1) is 13.0. The van der Waals surface area contributed by atoms with E-state index in [1.807, 2.05) is 17.0 Å². The lowest BCUT2D eigenvalue weighted by atomic mass is 10.2. The molecular weight excluding hydrogens is 344 g/mol. The van der Waals surface area contributed by atoms with Gasteiger partial charge < -0.3 is 20.4 Å². The lowest BCUT2D eigenvalue weighted by molar-refractivity contribution is -0.114. The van der Waals surface area contributed by atoms with Gasteiger partial charge in [0.05, 0.1) is 5.56 Å². The number of hydrogen-bond donors (Lipinski definition) is 2. The fourth-order valence-electron chi connectivity index (χ4n) is 2.92. The van der Waals surface area contributed by atoms with E-state index in [1.165, 1.54) is 6.92 Å². The molecule has 2 amide bonds. The van der Waals surface area contributed by atoms with Crippen molar-refractivity contribution in [3.8, 4) is 0 Å². The zero-order valence-corrected chi connectivity index (χ0v) is 15.6. The van der Waals surface area contributed by atoms with Crippen molar-refractivity contribution in [3.05, 3.63) is 42.2 Å². The number of nitrogens with one attached hydrogen (secondary N) is 2. The Hall–Kier alpha value is -3.00. The molecule has 0 bridgehead atoms. The minimum absolute atomic E-state index is 0.0306. The quantitative estimate of drug-likeness (QED) is 0.838. The summed E-state index contributed by atoms with van der Waals surface area (Å²) in [5, 5.41) is 5.79. The number of anilines is 3. The van der Waals surface area contributed by atoms with E-state index in [9.17, 15) is 9.59 Å². The van der Waals surface area contributed by atoms with Crippen LogP contribution in [0.25, 0.3) is 0 Å². The van der Waals surface area contributed by atoms with E-state index in [0.717, 1.165) is 44.1 Å². The van der Waals surface area contributed by atoms with Gasteiger partial charge in [0.25, 0.3) is 5.91 Å². The number of amides is 2. The zero-order valence-electron chi connectivity index (χ0n) is 15.6. The lowest BCUT2D eigenvalue weighted by Gasteiger charge is -2.33. The van der Waals surface area contributed by atoms with Crippen molar-refractivity contribution < 1.29 is 9.59 Å². The first-order valence-corrected chi connectivity index (χ1v) is 9.03. The van der Waals surface area contributed by atoms with Gasteiger partial charge in [0.1, 0.15) is 0 Å². The predicted molar refractivity (Wildman–Crippen MR) is 104 cm³/mol. The maximum absolute atomic E-state index is 12.6. The molecular formula is C19H24N6O2. The molecule has 1 saturated heterocycles. The van der Waals surface area contributed by atoms with Crippen molar-refractivity contribution in [2.24, 2.45) is 0 Å². The molecule has 2 aromatic rings. The number of benzene rings is 1. The van der Waals surface area contributed by atoms with Crippen molar-refractivity contribution in [1.29, 1.82) is 0 Å². The Labute approximate surface area is 158 Å². The SMILES string of the molecule is CCN1CCN(C(=O)c2cnc(Nc3ccc(NC(C)=O)cc3)nc2)CC1. The largest absolute Gasteiger partial charge is 0.336 e. The van der Waals surface area contributed by atoms with Crippen LogP contribution in [0.5, 0.6) is 0 Å². The van der Waals surface area contributed by atoms with E-state index < -0.39 is 0 Å². The summed E-state index contributed by atoms with van der Waals surface area (Å²) in [4.78, 5) is 36.3. The number of carbonyl (C=O) groups excluding carboxylic acids is 2. The van der Waals surface area contributed by atoms with Gasteiger partial charge in [-0.1, -0.05) is 6.92 Å². The summed E-state index contributed by atoms with van der Waals surface area (Å²) in [5.41, 5.74) is 2.00. The summed E-state index contributed by atoms with van der Waals surface area (Å²) in [6.45, 7) is 7.86. The molecule has 8 nitrogen and oxygen atoms in total. The first-order valence-electron chi connectivity index (χ1n) is 9.03. The second-order valence-electron chi connectivity index (χ2n) is 6.41. The Morgan fingerprint density at radius 1 is 1.00 bits per heavy atom. The van der Waals surface area contributed by atoms with Gasteiger partial charge in [0.15, 0.2) is 0 Å². The molecule has 2 heterocycles. The third-order valence-corrected chi connectivity index (χ3v) is 4.47. The van der Waals surface area contributed by atoms with Crippen LogP contribution < -0.4 is 10.6 Å². The molecule has 2 N–H and O–H groups in total. The van der Waals surface area contributed by atoms with E-state index >= 15 is 0 Å². The van der Waals surface area contributed by atoms with Crippen LogP contribution in [0.2, 0.25) is 0 Å². The highest BCUT2D eigenvalue weighted by atomic mass is 16.2. The average Bonchev–Trinajstić information content (AvgIpc) is 2.69. The van der Waals surface area contributed by atoms with Gasteiger partial charge in [-0.2, -0.15) is 0 Å². The molecule has 0 spiro atoms. The van der Waals surface area contributed by atoms with E-state index in [2.05, 4.69) is 32.4 Å². The second-order valence-corrected chi connectivity index (χ2v) is 6.41. The van der Waals surface area contributed by atoms with Crippen LogP contribution in [-0.4, -0.2) is 64.3 Å². The highest BCUT2D eigenvalue weighted by Crippen LogP contribution is 2.17. The minimum Gasteiger partial charge on any atom is -0.336 e. The Bertz CT molecular complexity index is 783. The highest BCUT2D eigenvalue weighted by Gasteiger charge is 2.21. The van der Waals surface area contributed by atoms with Gasteiger partial charge in [-0.3, -0.25) is 9.59 Å². The summed E-state index contributed by atoms with van der Waals surface area (Å²) in [6, 6.07) is 7.22. The maximum Gasteiger partial charge on any atom is 0.257 e. The van der Waals surface area contributed by atoms with Gasteiger partial charge in [-0.05, 0) is 30.8 Å². The van der Waals surface area contributed by atoms with Crippen molar-refractivity contribution in [2.75, 3.05) is 43.4 Å². The normalized spacial score (nSPS) is 14.7. The fraction of sp³-hybridized carbons (Fsp3) is 0.368. The molecule has 1 aromatic heterocycles. The van der Waals surface area contributed by atoms with E-state index in [1.54, 1.807) is 24.5 Å². The predicted octanol–water partition coefficient (Wildman–Crippen LogP) is 1.96. The smallest absolute Gasteiger partial charge is 0.257 e. The van der Waals surface area contributed by atoms with Crippen LogP contribution in [0.3, 0.4) is 0 Å². The van der Waals surface area contributed by atoms with E-state index in [4.69, 9.17) is 0 Å². The van der Waals surface area contributed by atoms with Gasteiger partial charge >= 0.3 is 0 Å². The maximum atomic E-state index is 12.6. The molecule has 1 aliphatic heterocycles. The molecule has 0 radical (unpaired) electrons. The van der Waals surface area contributed by atoms with Gasteiger partial charge in [0, 0.05) is 56.9 Å². The summed E-state index contributed by atoms with van der Waals surface area (Å²) in [5.74, 6) is 0.266. The molecule has 8 heteroatoms. The average molecular weight is 368 g/mol. The summed E-state index contributed by atoms with van der Waals surface area (Å²) in [7, 11) is 0. The standard InChI is InChI=1S/C19H24N6O2/c1-3-24-8-10-25(11-9-24)18(27)15-12-20-19(21-13-15)23-17-6-4-16(5-7-17)22-14(2)26/h4-7,12-13H,3,8-11H2,1-2H3,(H,22,26)(H,20,21,23). The van der Waals surface area contributed by atoms with Crippen LogP contribution in [0.1, 0.15) is 24.2 Å². The van der Waals surface area contributed by atoms with E-state index in [-0.39, 0.29) is 11.8 Å².